The Hall–Kier alpha value is -1.25. The molecule has 1 aliphatic rings. The van der Waals surface area contributed by atoms with Gasteiger partial charge in [-0.05, 0) is 60.6 Å². The first-order valence-corrected chi connectivity index (χ1v) is 8.98. The van der Waals surface area contributed by atoms with Crippen LogP contribution in [-0.2, 0) is 6.42 Å². The fourth-order valence-electron chi connectivity index (χ4n) is 3.51. The summed E-state index contributed by atoms with van der Waals surface area (Å²) in [6, 6.07) is 17.6. The largest absolute Gasteiger partial charge is 0.324 e. The van der Waals surface area contributed by atoms with Crippen molar-refractivity contribution in [3.8, 4) is 0 Å². The molecule has 1 aliphatic carbocycles. The SMILES string of the molecule is CSc1ccccc1C(N)CC1CCCc2ccccc21. The Kier molecular flexibility index (Phi) is 4.67. The molecule has 2 aromatic carbocycles. The molecule has 2 N–H and O–H groups in total. The van der Waals surface area contributed by atoms with Crippen molar-refractivity contribution >= 4 is 11.8 Å². The van der Waals surface area contributed by atoms with E-state index >= 15 is 0 Å². The number of fused-ring (bicyclic) bond motifs is 1. The Morgan fingerprint density at radius 3 is 2.76 bits per heavy atom. The molecule has 0 amide bonds. The number of aryl methyl sites for hydroxylation is 1. The summed E-state index contributed by atoms with van der Waals surface area (Å²) in [5.74, 6) is 0.611. The van der Waals surface area contributed by atoms with E-state index in [1.54, 1.807) is 11.8 Å². The van der Waals surface area contributed by atoms with Crippen molar-refractivity contribution < 1.29 is 0 Å². The van der Waals surface area contributed by atoms with Crippen LogP contribution in [0.5, 0.6) is 0 Å². The maximum Gasteiger partial charge on any atom is 0.0311 e. The van der Waals surface area contributed by atoms with E-state index in [9.17, 15) is 0 Å². The fourth-order valence-corrected chi connectivity index (χ4v) is 4.18. The van der Waals surface area contributed by atoms with E-state index in [2.05, 4.69) is 54.8 Å². The second-order valence-electron chi connectivity index (χ2n) is 5.87. The molecule has 2 heteroatoms. The van der Waals surface area contributed by atoms with Gasteiger partial charge in [0.05, 0.1) is 0 Å². The molecule has 0 saturated heterocycles. The lowest BCUT2D eigenvalue weighted by molar-refractivity contribution is 0.473. The second kappa shape index (κ2) is 6.67. The van der Waals surface area contributed by atoms with Crippen LogP contribution in [0.2, 0.25) is 0 Å². The van der Waals surface area contributed by atoms with Gasteiger partial charge in [-0.25, -0.2) is 0 Å². The summed E-state index contributed by atoms with van der Waals surface area (Å²) < 4.78 is 0. The summed E-state index contributed by atoms with van der Waals surface area (Å²) in [7, 11) is 0. The monoisotopic (exact) mass is 297 g/mol. The van der Waals surface area contributed by atoms with Gasteiger partial charge >= 0.3 is 0 Å². The predicted molar refractivity (Wildman–Crippen MR) is 91.9 cm³/mol. The molecule has 0 bridgehead atoms. The van der Waals surface area contributed by atoms with Crippen molar-refractivity contribution in [2.75, 3.05) is 6.26 Å². The van der Waals surface area contributed by atoms with Gasteiger partial charge in [-0.1, -0.05) is 42.5 Å². The second-order valence-corrected chi connectivity index (χ2v) is 6.72. The molecule has 2 aromatic rings. The van der Waals surface area contributed by atoms with Crippen LogP contribution in [0.4, 0.5) is 0 Å². The topological polar surface area (TPSA) is 26.0 Å². The number of benzene rings is 2. The molecular formula is C19H23NS. The van der Waals surface area contributed by atoms with Crippen molar-refractivity contribution in [1.29, 1.82) is 0 Å². The molecule has 2 atom stereocenters. The van der Waals surface area contributed by atoms with Crippen LogP contribution in [-0.4, -0.2) is 6.26 Å². The quantitative estimate of drug-likeness (QED) is 0.811. The van der Waals surface area contributed by atoms with Gasteiger partial charge < -0.3 is 5.73 Å². The molecule has 2 unspecified atom stereocenters. The minimum absolute atomic E-state index is 0.129. The van der Waals surface area contributed by atoms with Crippen molar-refractivity contribution in [3.05, 3.63) is 65.2 Å². The first-order chi connectivity index (χ1) is 10.3. The van der Waals surface area contributed by atoms with E-state index in [0.29, 0.717) is 5.92 Å². The van der Waals surface area contributed by atoms with Gasteiger partial charge in [0.25, 0.3) is 0 Å². The maximum atomic E-state index is 6.55. The number of rotatable bonds is 4. The highest BCUT2D eigenvalue weighted by Crippen LogP contribution is 2.38. The van der Waals surface area contributed by atoms with Gasteiger partial charge in [0.2, 0.25) is 0 Å². The zero-order valence-electron chi connectivity index (χ0n) is 12.6. The zero-order valence-corrected chi connectivity index (χ0v) is 13.4. The van der Waals surface area contributed by atoms with Crippen molar-refractivity contribution in [2.24, 2.45) is 5.73 Å². The van der Waals surface area contributed by atoms with Gasteiger partial charge in [-0.3, -0.25) is 0 Å². The van der Waals surface area contributed by atoms with Crippen molar-refractivity contribution in [2.45, 2.75) is 42.5 Å². The maximum absolute atomic E-state index is 6.55. The van der Waals surface area contributed by atoms with Crippen LogP contribution >= 0.6 is 11.8 Å². The summed E-state index contributed by atoms with van der Waals surface area (Å²) in [4.78, 5) is 1.31. The summed E-state index contributed by atoms with van der Waals surface area (Å²) in [6.07, 6.45) is 6.96. The van der Waals surface area contributed by atoms with E-state index in [0.717, 1.165) is 6.42 Å². The lowest BCUT2D eigenvalue weighted by Crippen LogP contribution is -2.18. The molecule has 1 nitrogen and oxygen atoms in total. The summed E-state index contributed by atoms with van der Waals surface area (Å²) >= 11 is 1.79. The molecule has 0 aliphatic heterocycles. The van der Waals surface area contributed by atoms with Crippen molar-refractivity contribution in [1.82, 2.24) is 0 Å². The van der Waals surface area contributed by atoms with Gasteiger partial charge in [-0.2, -0.15) is 0 Å². The number of hydrogen-bond donors (Lipinski definition) is 1. The number of hydrogen-bond acceptors (Lipinski definition) is 2. The zero-order chi connectivity index (χ0) is 14.7. The summed E-state index contributed by atoms with van der Waals surface area (Å²) in [6.45, 7) is 0. The fraction of sp³-hybridized carbons (Fsp3) is 0.368. The Labute approximate surface area is 132 Å². The van der Waals surface area contributed by atoms with Gasteiger partial charge in [0.15, 0.2) is 0 Å². The van der Waals surface area contributed by atoms with Crippen LogP contribution in [0.1, 0.15) is 47.9 Å². The van der Waals surface area contributed by atoms with Crippen LogP contribution < -0.4 is 5.73 Å². The van der Waals surface area contributed by atoms with E-state index in [1.165, 1.54) is 40.8 Å². The molecule has 0 radical (unpaired) electrons. The molecular weight excluding hydrogens is 274 g/mol. The number of nitrogens with two attached hydrogens (primary N) is 1. The average Bonchev–Trinajstić information content (AvgIpc) is 2.55. The first kappa shape index (κ1) is 14.7. The Balaban J connectivity index is 1.81. The first-order valence-electron chi connectivity index (χ1n) is 7.76. The van der Waals surface area contributed by atoms with E-state index in [4.69, 9.17) is 5.73 Å². The number of thioether (sulfide) groups is 1. The van der Waals surface area contributed by atoms with Crippen LogP contribution in [0, 0.1) is 0 Å². The Morgan fingerprint density at radius 2 is 1.90 bits per heavy atom. The molecule has 0 spiro atoms. The van der Waals surface area contributed by atoms with Crippen LogP contribution in [0.3, 0.4) is 0 Å². The molecule has 0 saturated carbocycles. The normalized spacial score (nSPS) is 19.0. The molecule has 110 valence electrons. The summed E-state index contributed by atoms with van der Waals surface area (Å²) in [5, 5.41) is 0. The van der Waals surface area contributed by atoms with E-state index in [1.807, 2.05) is 0 Å². The molecule has 0 heterocycles. The van der Waals surface area contributed by atoms with Gasteiger partial charge in [0, 0.05) is 10.9 Å². The minimum atomic E-state index is 0.129. The standard InChI is InChI=1S/C19H23NS/c1-21-19-12-5-4-11-17(19)18(20)13-15-9-6-8-14-7-2-3-10-16(14)15/h2-5,7,10-12,15,18H,6,8-9,13,20H2,1H3. The lowest BCUT2D eigenvalue weighted by atomic mass is 9.79. The molecule has 0 aromatic heterocycles. The molecule has 3 rings (SSSR count). The Morgan fingerprint density at radius 1 is 1.14 bits per heavy atom. The summed E-state index contributed by atoms with van der Waals surface area (Å²) in [5.41, 5.74) is 10.9. The lowest BCUT2D eigenvalue weighted by Gasteiger charge is -2.28. The minimum Gasteiger partial charge on any atom is -0.324 e. The molecule has 21 heavy (non-hydrogen) atoms. The van der Waals surface area contributed by atoms with Crippen LogP contribution in [0.25, 0.3) is 0 Å². The van der Waals surface area contributed by atoms with Gasteiger partial charge in [-0.15, -0.1) is 11.8 Å². The highest BCUT2D eigenvalue weighted by molar-refractivity contribution is 7.98. The van der Waals surface area contributed by atoms with Crippen molar-refractivity contribution in [3.63, 3.8) is 0 Å². The third-order valence-electron chi connectivity index (χ3n) is 4.57. The predicted octanol–water partition coefficient (Wildman–Crippen LogP) is 4.92. The van der Waals surface area contributed by atoms with Crippen LogP contribution in [0.15, 0.2) is 53.4 Å². The average molecular weight is 297 g/mol. The van der Waals surface area contributed by atoms with E-state index < -0.39 is 0 Å². The molecule has 0 fully saturated rings. The van der Waals surface area contributed by atoms with E-state index in [-0.39, 0.29) is 6.04 Å². The smallest absolute Gasteiger partial charge is 0.0311 e. The highest BCUT2D eigenvalue weighted by Gasteiger charge is 2.23. The van der Waals surface area contributed by atoms with Gasteiger partial charge in [0.1, 0.15) is 0 Å². The third kappa shape index (κ3) is 3.17. The Bertz CT molecular complexity index is 608. The highest BCUT2D eigenvalue weighted by atomic mass is 32.2. The third-order valence-corrected chi connectivity index (χ3v) is 5.38.